The van der Waals surface area contributed by atoms with Crippen LogP contribution in [-0.4, -0.2) is 11.0 Å². The molecule has 0 amide bonds. The Balaban J connectivity index is 3.70. The first-order valence-corrected chi connectivity index (χ1v) is 3.58. The fourth-order valence-corrected chi connectivity index (χ4v) is 0.671. The van der Waals surface area contributed by atoms with Crippen LogP contribution in [0.3, 0.4) is 0 Å². The summed E-state index contributed by atoms with van der Waals surface area (Å²) in [6.07, 6.45) is -0.113. The fraction of sp³-hybridized carbons (Fsp3) is 1.00. The fourth-order valence-electron chi connectivity index (χ4n) is 0.442. The first-order valence-electron chi connectivity index (χ1n) is 2.66. The Bertz CT molecular complexity index is 82.3. The zero-order chi connectivity index (χ0) is 7.49. The van der Waals surface area contributed by atoms with Crippen LogP contribution < -0.4 is 0 Å². The summed E-state index contributed by atoms with van der Waals surface area (Å²) in [7, 11) is 0. The lowest BCUT2D eigenvalue weighted by atomic mass is 10.2. The minimum atomic E-state index is -3.20. The summed E-state index contributed by atoms with van der Waals surface area (Å²) in [5.41, 5.74) is 0. The van der Waals surface area contributed by atoms with Crippen LogP contribution in [0.15, 0.2) is 0 Å². The summed E-state index contributed by atoms with van der Waals surface area (Å²) in [6, 6.07) is 0. The second-order valence-electron chi connectivity index (χ2n) is 1.81. The smallest absolute Gasteiger partial charge is 0.228 e. The van der Waals surface area contributed by atoms with Gasteiger partial charge in [-0.25, -0.2) is 13.2 Å². The van der Waals surface area contributed by atoms with Crippen molar-refractivity contribution in [3.8, 4) is 0 Å². The number of halogens is 4. The van der Waals surface area contributed by atoms with E-state index in [-0.39, 0.29) is 0 Å². The molecule has 0 aliphatic carbocycles. The third-order valence-corrected chi connectivity index (χ3v) is 1.57. The van der Waals surface area contributed by atoms with E-state index in [1.165, 1.54) is 0 Å². The molecular weight excluding hydrogens is 197 g/mol. The average Bonchev–Trinajstić information content (AvgIpc) is 1.65. The third-order valence-electron chi connectivity index (χ3n) is 0.903. The van der Waals surface area contributed by atoms with Crippen LogP contribution in [0.1, 0.15) is 19.8 Å². The van der Waals surface area contributed by atoms with Gasteiger partial charge in [-0.3, -0.25) is 0 Å². The Morgan fingerprint density at radius 3 is 2.11 bits per heavy atom. The van der Waals surface area contributed by atoms with Crippen molar-refractivity contribution in [1.29, 1.82) is 0 Å². The molecule has 1 atom stereocenters. The molecule has 0 nitrogen and oxygen atoms in total. The van der Waals surface area contributed by atoms with Crippen molar-refractivity contribution in [2.75, 3.05) is 0 Å². The standard InChI is InChI=1S/C5H8BrF3/c1-2-3-5(8,9)4(6)7/h4H,2-3H2,1H3. The first-order chi connectivity index (χ1) is 4.00. The Morgan fingerprint density at radius 1 is 1.56 bits per heavy atom. The van der Waals surface area contributed by atoms with Gasteiger partial charge >= 0.3 is 0 Å². The monoisotopic (exact) mass is 204 g/mol. The lowest BCUT2D eigenvalue weighted by molar-refractivity contribution is -0.0422. The summed E-state index contributed by atoms with van der Waals surface area (Å²) in [6.45, 7) is 1.59. The van der Waals surface area contributed by atoms with E-state index in [2.05, 4.69) is 15.9 Å². The minimum absolute atomic E-state index is 0.291. The maximum atomic E-state index is 12.1. The molecule has 0 spiro atoms. The molecule has 0 rings (SSSR count). The lowest BCUT2D eigenvalue weighted by Gasteiger charge is -2.14. The predicted molar refractivity (Wildman–Crippen MR) is 33.7 cm³/mol. The Morgan fingerprint density at radius 2 is 2.00 bits per heavy atom. The van der Waals surface area contributed by atoms with E-state index in [9.17, 15) is 13.2 Å². The van der Waals surface area contributed by atoms with Gasteiger partial charge < -0.3 is 0 Å². The molecule has 0 N–H and O–H groups in total. The second-order valence-corrected chi connectivity index (χ2v) is 2.62. The third kappa shape index (κ3) is 3.08. The van der Waals surface area contributed by atoms with Crippen molar-refractivity contribution >= 4 is 15.9 Å². The van der Waals surface area contributed by atoms with Gasteiger partial charge in [-0.1, -0.05) is 13.3 Å². The van der Waals surface area contributed by atoms with Crippen LogP contribution in [-0.2, 0) is 0 Å². The molecule has 0 aromatic rings. The number of rotatable bonds is 3. The van der Waals surface area contributed by atoms with Gasteiger partial charge in [-0.05, 0) is 15.9 Å². The van der Waals surface area contributed by atoms with Gasteiger partial charge in [0.05, 0.1) is 0 Å². The van der Waals surface area contributed by atoms with Crippen molar-refractivity contribution in [3.63, 3.8) is 0 Å². The SMILES string of the molecule is CCCC(F)(F)C(F)Br. The van der Waals surface area contributed by atoms with Crippen LogP contribution in [0.5, 0.6) is 0 Å². The van der Waals surface area contributed by atoms with E-state index < -0.39 is 17.4 Å². The normalized spacial score (nSPS) is 15.7. The summed E-state index contributed by atoms with van der Waals surface area (Å²) < 4.78 is 36.1. The highest BCUT2D eigenvalue weighted by Gasteiger charge is 2.36. The average molecular weight is 205 g/mol. The molecule has 0 aliphatic heterocycles. The molecule has 4 heteroatoms. The highest BCUT2D eigenvalue weighted by molar-refractivity contribution is 9.09. The largest absolute Gasteiger partial charge is 0.288 e. The van der Waals surface area contributed by atoms with Crippen LogP contribution in [0, 0.1) is 0 Å². The van der Waals surface area contributed by atoms with Crippen molar-refractivity contribution in [3.05, 3.63) is 0 Å². The highest BCUT2D eigenvalue weighted by atomic mass is 79.9. The summed E-state index contributed by atoms with van der Waals surface area (Å²) in [5, 5.41) is -2.20. The Kier molecular flexibility index (Phi) is 3.54. The summed E-state index contributed by atoms with van der Waals surface area (Å²) in [5.74, 6) is -3.20. The van der Waals surface area contributed by atoms with E-state index in [0.717, 1.165) is 0 Å². The van der Waals surface area contributed by atoms with E-state index in [4.69, 9.17) is 0 Å². The van der Waals surface area contributed by atoms with Crippen LogP contribution in [0.25, 0.3) is 0 Å². The van der Waals surface area contributed by atoms with Gasteiger partial charge in [0.2, 0.25) is 5.08 Å². The molecule has 0 aromatic heterocycles. The molecule has 9 heavy (non-hydrogen) atoms. The van der Waals surface area contributed by atoms with E-state index >= 15 is 0 Å². The maximum absolute atomic E-state index is 12.1. The lowest BCUT2D eigenvalue weighted by Crippen LogP contribution is -2.24. The van der Waals surface area contributed by atoms with Gasteiger partial charge in [-0.15, -0.1) is 0 Å². The van der Waals surface area contributed by atoms with Crippen molar-refractivity contribution in [2.24, 2.45) is 0 Å². The highest BCUT2D eigenvalue weighted by Crippen LogP contribution is 2.30. The molecule has 0 fully saturated rings. The van der Waals surface area contributed by atoms with Crippen molar-refractivity contribution in [2.45, 2.75) is 30.8 Å². The molecule has 56 valence electrons. The molecule has 0 bridgehead atoms. The van der Waals surface area contributed by atoms with Crippen LogP contribution in [0.4, 0.5) is 13.2 Å². The molecule has 1 unspecified atom stereocenters. The van der Waals surface area contributed by atoms with Crippen molar-refractivity contribution in [1.82, 2.24) is 0 Å². The van der Waals surface area contributed by atoms with E-state index in [1.807, 2.05) is 0 Å². The predicted octanol–water partition coefficient (Wildman–Crippen LogP) is 3.11. The molecule has 0 saturated carbocycles. The molecule has 0 radical (unpaired) electrons. The number of hydrogen-bond acceptors (Lipinski definition) is 0. The Hall–Kier alpha value is 0.270. The van der Waals surface area contributed by atoms with Gasteiger partial charge in [0.15, 0.2) is 0 Å². The molecule has 0 heterocycles. The van der Waals surface area contributed by atoms with Gasteiger partial charge in [0.1, 0.15) is 0 Å². The number of hydrogen-bond donors (Lipinski definition) is 0. The van der Waals surface area contributed by atoms with Gasteiger partial charge in [0.25, 0.3) is 5.92 Å². The van der Waals surface area contributed by atoms with Gasteiger partial charge in [0, 0.05) is 6.42 Å². The zero-order valence-corrected chi connectivity index (χ0v) is 6.59. The molecule has 0 aromatic carbocycles. The first kappa shape index (κ1) is 9.27. The summed E-state index contributed by atoms with van der Waals surface area (Å²) in [4.78, 5) is 0. The van der Waals surface area contributed by atoms with E-state index in [1.54, 1.807) is 6.92 Å². The zero-order valence-electron chi connectivity index (χ0n) is 5.00. The van der Waals surface area contributed by atoms with E-state index in [0.29, 0.717) is 6.42 Å². The minimum Gasteiger partial charge on any atom is -0.228 e. The van der Waals surface area contributed by atoms with Crippen LogP contribution in [0.2, 0.25) is 0 Å². The van der Waals surface area contributed by atoms with Gasteiger partial charge in [-0.2, -0.15) is 0 Å². The van der Waals surface area contributed by atoms with Crippen LogP contribution >= 0.6 is 15.9 Å². The van der Waals surface area contributed by atoms with Crippen molar-refractivity contribution < 1.29 is 13.2 Å². The molecule has 0 saturated heterocycles. The quantitative estimate of drug-likeness (QED) is 0.621. The maximum Gasteiger partial charge on any atom is 0.288 e. The molecule has 0 aliphatic rings. The Labute approximate surface area is 60.6 Å². The second kappa shape index (κ2) is 3.44. The number of alkyl halides is 4. The topological polar surface area (TPSA) is 0 Å². The summed E-state index contributed by atoms with van der Waals surface area (Å²) >= 11 is 2.18. The molecular formula is C5H8BrF3.